The van der Waals surface area contributed by atoms with E-state index < -0.39 is 0 Å². The molecular weight excluding hydrogens is 364 g/mol. The van der Waals surface area contributed by atoms with E-state index in [0.29, 0.717) is 5.92 Å². The number of aromatic amines is 1. The predicted molar refractivity (Wildman–Crippen MR) is 113 cm³/mol. The highest BCUT2D eigenvalue weighted by Crippen LogP contribution is 2.23. The number of nitrogens with one attached hydrogen (secondary N) is 1. The summed E-state index contributed by atoms with van der Waals surface area (Å²) in [5.74, 6) is 1.41. The third kappa shape index (κ3) is 5.23. The number of piperidine rings is 1. The fraction of sp³-hybridized carbons (Fsp3) is 0.304. The second-order valence-electron chi connectivity index (χ2n) is 7.53. The van der Waals surface area contributed by atoms with E-state index in [-0.39, 0.29) is 0 Å². The Balaban J connectivity index is 1.25. The quantitative estimate of drug-likeness (QED) is 0.590. The van der Waals surface area contributed by atoms with Gasteiger partial charge in [0, 0.05) is 36.8 Å². The molecule has 0 bridgehead atoms. The SMILES string of the molecule is O=CN(/C=C\c1cc[nH]c1)CC1CCN(Cc2cc(-c3ccccc3)no2)CC1. The Hall–Kier alpha value is -3.12. The van der Waals surface area contributed by atoms with E-state index in [2.05, 4.69) is 15.0 Å². The minimum Gasteiger partial charge on any atom is -0.367 e. The Labute approximate surface area is 170 Å². The molecule has 1 N–H and O–H groups in total. The van der Waals surface area contributed by atoms with Crippen molar-refractivity contribution < 1.29 is 9.32 Å². The number of hydrogen-bond donors (Lipinski definition) is 1. The highest BCUT2D eigenvalue weighted by atomic mass is 16.5. The smallest absolute Gasteiger partial charge is 0.213 e. The molecule has 1 aliphatic heterocycles. The molecule has 29 heavy (non-hydrogen) atoms. The highest BCUT2D eigenvalue weighted by molar-refractivity contribution is 5.58. The number of aromatic nitrogens is 2. The van der Waals surface area contributed by atoms with E-state index in [0.717, 1.165) is 68.0 Å². The zero-order chi connectivity index (χ0) is 19.9. The van der Waals surface area contributed by atoms with Gasteiger partial charge in [0.2, 0.25) is 6.41 Å². The van der Waals surface area contributed by atoms with Crippen LogP contribution in [0.4, 0.5) is 0 Å². The van der Waals surface area contributed by atoms with Crippen LogP contribution >= 0.6 is 0 Å². The van der Waals surface area contributed by atoms with Crippen LogP contribution in [0, 0.1) is 5.92 Å². The van der Waals surface area contributed by atoms with Crippen LogP contribution in [0.3, 0.4) is 0 Å². The third-order valence-electron chi connectivity index (χ3n) is 5.40. The van der Waals surface area contributed by atoms with Crippen molar-refractivity contribution in [3.63, 3.8) is 0 Å². The molecule has 1 aliphatic rings. The highest BCUT2D eigenvalue weighted by Gasteiger charge is 2.21. The second kappa shape index (κ2) is 9.39. The van der Waals surface area contributed by atoms with Crippen LogP contribution in [0.15, 0.2) is 65.6 Å². The van der Waals surface area contributed by atoms with Gasteiger partial charge in [-0.25, -0.2) is 0 Å². The summed E-state index contributed by atoms with van der Waals surface area (Å²) < 4.78 is 5.54. The van der Waals surface area contributed by atoms with Gasteiger partial charge in [0.1, 0.15) is 5.69 Å². The molecular formula is C23H26N4O2. The summed E-state index contributed by atoms with van der Waals surface area (Å²) in [6.07, 6.45) is 10.7. The molecule has 1 aromatic carbocycles. The summed E-state index contributed by atoms with van der Waals surface area (Å²) in [5, 5.41) is 4.20. The molecule has 2 aromatic heterocycles. The van der Waals surface area contributed by atoms with Crippen LogP contribution in [0.1, 0.15) is 24.2 Å². The molecule has 6 heteroatoms. The molecule has 0 atom stereocenters. The van der Waals surface area contributed by atoms with Gasteiger partial charge in [-0.2, -0.15) is 0 Å². The lowest BCUT2D eigenvalue weighted by Gasteiger charge is -2.32. The van der Waals surface area contributed by atoms with Gasteiger partial charge in [0.15, 0.2) is 5.76 Å². The summed E-state index contributed by atoms with van der Waals surface area (Å²) in [4.78, 5) is 18.6. The monoisotopic (exact) mass is 390 g/mol. The van der Waals surface area contributed by atoms with E-state index in [1.54, 1.807) is 4.90 Å². The largest absolute Gasteiger partial charge is 0.367 e. The molecule has 150 valence electrons. The number of benzene rings is 1. The lowest BCUT2D eigenvalue weighted by molar-refractivity contribution is -0.116. The molecule has 0 aliphatic carbocycles. The van der Waals surface area contributed by atoms with Crippen molar-refractivity contribution in [2.75, 3.05) is 19.6 Å². The van der Waals surface area contributed by atoms with Crippen molar-refractivity contribution in [1.82, 2.24) is 19.9 Å². The number of hydrogen-bond acceptors (Lipinski definition) is 4. The summed E-state index contributed by atoms with van der Waals surface area (Å²) in [6, 6.07) is 14.1. The Morgan fingerprint density at radius 2 is 2.03 bits per heavy atom. The maximum absolute atomic E-state index is 11.4. The van der Waals surface area contributed by atoms with Crippen molar-refractivity contribution in [1.29, 1.82) is 0 Å². The summed E-state index contributed by atoms with van der Waals surface area (Å²) in [6.45, 7) is 3.54. The molecule has 3 aromatic rings. The van der Waals surface area contributed by atoms with Gasteiger partial charge in [0.25, 0.3) is 0 Å². The van der Waals surface area contributed by atoms with Crippen LogP contribution in [-0.2, 0) is 11.3 Å². The lowest BCUT2D eigenvalue weighted by Crippen LogP contribution is -2.36. The first-order valence-corrected chi connectivity index (χ1v) is 10.1. The molecule has 6 nitrogen and oxygen atoms in total. The third-order valence-corrected chi connectivity index (χ3v) is 5.40. The molecule has 0 saturated carbocycles. The van der Waals surface area contributed by atoms with E-state index >= 15 is 0 Å². The molecule has 1 amide bonds. The zero-order valence-electron chi connectivity index (χ0n) is 16.4. The molecule has 1 saturated heterocycles. The minimum absolute atomic E-state index is 0.516. The number of likely N-dealkylation sites (tertiary alicyclic amines) is 1. The molecule has 3 heterocycles. The number of carbonyl (C=O) groups excluding carboxylic acids is 1. The van der Waals surface area contributed by atoms with Gasteiger partial charge in [-0.15, -0.1) is 0 Å². The molecule has 1 fully saturated rings. The van der Waals surface area contributed by atoms with Gasteiger partial charge >= 0.3 is 0 Å². The van der Waals surface area contributed by atoms with Crippen molar-refractivity contribution >= 4 is 12.5 Å². The topological polar surface area (TPSA) is 65.4 Å². The molecule has 0 spiro atoms. The Morgan fingerprint density at radius 3 is 2.76 bits per heavy atom. The maximum atomic E-state index is 11.4. The first-order valence-electron chi connectivity index (χ1n) is 10.1. The van der Waals surface area contributed by atoms with Crippen LogP contribution in [-0.4, -0.2) is 46.0 Å². The Bertz CT molecular complexity index is 910. The molecule has 0 unspecified atom stereocenters. The average Bonchev–Trinajstić information content (AvgIpc) is 3.45. The fourth-order valence-electron chi connectivity index (χ4n) is 3.74. The normalized spacial score (nSPS) is 15.7. The number of carbonyl (C=O) groups is 1. The zero-order valence-corrected chi connectivity index (χ0v) is 16.4. The van der Waals surface area contributed by atoms with Crippen LogP contribution in [0.25, 0.3) is 17.3 Å². The van der Waals surface area contributed by atoms with Gasteiger partial charge in [0.05, 0.1) is 6.54 Å². The lowest BCUT2D eigenvalue weighted by atomic mass is 9.96. The minimum atomic E-state index is 0.516. The van der Waals surface area contributed by atoms with Gasteiger partial charge in [-0.1, -0.05) is 35.5 Å². The van der Waals surface area contributed by atoms with E-state index in [4.69, 9.17) is 4.52 Å². The number of amides is 1. The van der Waals surface area contributed by atoms with Crippen molar-refractivity contribution in [2.45, 2.75) is 19.4 Å². The summed E-state index contributed by atoms with van der Waals surface area (Å²) >= 11 is 0. The first-order chi connectivity index (χ1) is 14.3. The Morgan fingerprint density at radius 1 is 1.21 bits per heavy atom. The van der Waals surface area contributed by atoms with Crippen LogP contribution in [0.5, 0.6) is 0 Å². The van der Waals surface area contributed by atoms with E-state index in [1.807, 2.05) is 67.1 Å². The predicted octanol–water partition coefficient (Wildman–Crippen LogP) is 4.01. The van der Waals surface area contributed by atoms with Gasteiger partial charge in [-0.3, -0.25) is 9.69 Å². The van der Waals surface area contributed by atoms with Crippen molar-refractivity contribution in [3.05, 3.63) is 72.4 Å². The number of H-pyrrole nitrogens is 1. The summed E-state index contributed by atoms with van der Waals surface area (Å²) in [5.41, 5.74) is 3.02. The fourth-order valence-corrected chi connectivity index (χ4v) is 3.74. The standard InChI is InChI=1S/C23H26N4O2/c28-18-27(13-7-19-6-10-24-15-19)16-20-8-11-26(12-9-20)17-22-14-23(25-29-22)21-4-2-1-3-5-21/h1-7,10,13-15,18,20,24H,8-9,11-12,16-17H2/b13-7-. The second-order valence-corrected chi connectivity index (χ2v) is 7.53. The van der Waals surface area contributed by atoms with E-state index in [9.17, 15) is 4.79 Å². The number of nitrogens with zero attached hydrogens (tertiary/aromatic N) is 3. The van der Waals surface area contributed by atoms with Crippen molar-refractivity contribution in [3.8, 4) is 11.3 Å². The maximum Gasteiger partial charge on any atom is 0.213 e. The average molecular weight is 390 g/mol. The molecule has 4 rings (SSSR count). The number of rotatable bonds is 8. The van der Waals surface area contributed by atoms with Gasteiger partial charge < -0.3 is 14.4 Å². The van der Waals surface area contributed by atoms with Crippen LogP contribution < -0.4 is 0 Å². The van der Waals surface area contributed by atoms with Crippen molar-refractivity contribution in [2.24, 2.45) is 5.92 Å². The van der Waals surface area contributed by atoms with Gasteiger partial charge in [-0.05, 0) is 49.6 Å². The van der Waals surface area contributed by atoms with Crippen LogP contribution in [0.2, 0.25) is 0 Å². The summed E-state index contributed by atoms with van der Waals surface area (Å²) in [7, 11) is 0. The van der Waals surface area contributed by atoms with E-state index in [1.165, 1.54) is 0 Å². The Kier molecular flexibility index (Phi) is 6.22. The molecule has 0 radical (unpaired) electrons. The first kappa shape index (κ1) is 19.2.